The Labute approximate surface area is 608 Å². The number of carbonyl (C=O) groups excluding carboxylic acids is 1. The number of aliphatic hydroxyl groups is 20. The first kappa shape index (κ1) is 90.8. The monoisotopic (exact) mass is 1510 g/mol. The molecule has 6 fully saturated rings. The van der Waals surface area contributed by atoms with Crippen LogP contribution in [0.4, 0.5) is 0 Å². The molecule has 12 unspecified atom stereocenters. The molecular formula is C70H127NO33. The summed E-state index contributed by atoms with van der Waals surface area (Å²) in [7, 11) is 0. The Bertz CT molecular complexity index is 2310. The van der Waals surface area contributed by atoms with Gasteiger partial charge in [0.15, 0.2) is 37.7 Å². The van der Waals surface area contributed by atoms with Crippen molar-refractivity contribution >= 4 is 5.91 Å². The van der Waals surface area contributed by atoms with Gasteiger partial charge in [0.05, 0.1) is 58.4 Å². The van der Waals surface area contributed by atoms with Crippen LogP contribution in [0.1, 0.15) is 181 Å². The lowest BCUT2D eigenvalue weighted by Crippen LogP contribution is -2.68. The molecule has 1 amide bonds. The van der Waals surface area contributed by atoms with Crippen LogP contribution in [0.3, 0.4) is 0 Å². The van der Waals surface area contributed by atoms with Crippen LogP contribution in [-0.2, 0) is 61.6 Å². The van der Waals surface area contributed by atoms with Crippen LogP contribution in [0, 0.1) is 0 Å². The number of allylic oxidation sites excluding steroid dienone is 1. The van der Waals surface area contributed by atoms with E-state index in [1.165, 1.54) is 96.3 Å². The number of nitrogens with one attached hydrogen (secondary N) is 1. The molecule has 6 heterocycles. The average Bonchev–Trinajstić information content (AvgIpc) is 0.780. The summed E-state index contributed by atoms with van der Waals surface area (Å²) >= 11 is 0. The molecule has 0 aromatic heterocycles. The van der Waals surface area contributed by atoms with Crippen molar-refractivity contribution in [1.29, 1.82) is 0 Å². The first-order chi connectivity index (χ1) is 50.0. The second-order valence-electron chi connectivity index (χ2n) is 28.5. The van der Waals surface area contributed by atoms with Crippen molar-refractivity contribution in [3.63, 3.8) is 0 Å². The van der Waals surface area contributed by atoms with Gasteiger partial charge in [-0.25, -0.2) is 0 Å². The summed E-state index contributed by atoms with van der Waals surface area (Å²) in [6.45, 7) is -1.93. The van der Waals surface area contributed by atoms with E-state index in [2.05, 4.69) is 19.2 Å². The maximum atomic E-state index is 13.4. The van der Waals surface area contributed by atoms with Crippen LogP contribution in [0.15, 0.2) is 12.2 Å². The molecule has 6 aliphatic rings. The lowest BCUT2D eigenvalue weighted by atomic mass is 9.95. The zero-order chi connectivity index (χ0) is 76.0. The van der Waals surface area contributed by atoms with Gasteiger partial charge in [-0.1, -0.05) is 167 Å². The topological polar surface area (TPSA) is 544 Å². The standard InChI is InChI=1S/C70H127NO33/c1-3-5-7-9-11-13-15-17-19-21-23-25-27-29-39(78)38(71-46(79)30-28-26-24-22-20-18-16-14-12-10-8-6-4-2)37-93-65-55(88)52(85)60(44(35-76)98-65)100-67-56(89)53(86)61(45(36-77)99-67)101-68-57(90)63(49(82)41(32-73)95-68)103-70-59(92)64(50(83)43(34-75)97-70)104-69-58(91)62(48(81)42(33-74)96-69)102-66-54(87)51(84)47(80)40(31-72)94-66/h27,29,38-45,47-70,72-78,80-92H,3-26,28,30-37H2,1-2H3,(H,71,79)/b29-27+/t38-,39+,40?,41?,42?,43?,44?,45?,47-,48-,49-,50-,51-,52+,53+,54?,55?,56?,57?,58?,59?,60+,61-,62-,63-,64-,65+,66+,67-,68-,69+,70+/m0/s1. The average molecular weight is 1510 g/mol. The summed E-state index contributed by atoms with van der Waals surface area (Å²) < 4.78 is 68.9. The Morgan fingerprint density at radius 3 is 0.990 bits per heavy atom. The van der Waals surface area contributed by atoms with Crippen LogP contribution in [-0.4, -0.2) is 351 Å². The minimum absolute atomic E-state index is 0.185. The van der Waals surface area contributed by atoms with Gasteiger partial charge in [0, 0.05) is 6.42 Å². The maximum Gasteiger partial charge on any atom is 0.220 e. The van der Waals surface area contributed by atoms with E-state index >= 15 is 0 Å². The third-order valence-corrected chi connectivity index (χ3v) is 20.4. The summed E-state index contributed by atoms with van der Waals surface area (Å²) in [5, 5.41) is 222. The zero-order valence-corrected chi connectivity index (χ0v) is 60.2. The lowest BCUT2D eigenvalue weighted by molar-refractivity contribution is -0.398. The van der Waals surface area contributed by atoms with E-state index in [1.807, 2.05) is 6.08 Å². The van der Waals surface area contributed by atoms with E-state index in [4.69, 9.17) is 56.8 Å². The fraction of sp³-hybridized carbons (Fsp3) is 0.957. The summed E-state index contributed by atoms with van der Waals surface area (Å²) in [6, 6.07) is -1.05. The molecule has 21 N–H and O–H groups in total. The number of hydrogen-bond donors (Lipinski definition) is 21. The molecule has 6 saturated heterocycles. The third kappa shape index (κ3) is 26.3. The molecule has 6 rings (SSSR count). The van der Waals surface area contributed by atoms with Gasteiger partial charge in [-0.2, -0.15) is 0 Å². The number of carbonyl (C=O) groups is 1. The fourth-order valence-corrected chi connectivity index (χ4v) is 13.9. The van der Waals surface area contributed by atoms with Crippen molar-refractivity contribution in [1.82, 2.24) is 5.32 Å². The SMILES string of the molecule is CCCCCCCCCCCCC/C=C/[C@@H](O)[C@H](CO[C@@H]1OC(CO)[C@@H](O[C@@H]2OC(CO)[C@H](O[C@@H]3OC(CO)[C@H](O)[C@H](O[C@H]4OC(CO)[C@H](O)[C@H](O[C@H]5OC(CO)[C@H](O)[C@H](O[C@H]6OC(CO)[C@H](O)[C@H](O)C6O)C5O)C4O)C3O)[C@H](O)C2O)[C@H](O)C1O)NC(=O)CCCCCCCCCCCCCCC. The van der Waals surface area contributed by atoms with Gasteiger partial charge in [0.1, 0.15) is 146 Å². The number of rotatable bonds is 48. The van der Waals surface area contributed by atoms with E-state index in [9.17, 15) is 107 Å². The predicted octanol–water partition coefficient (Wildman–Crippen LogP) is -3.49. The highest BCUT2D eigenvalue weighted by molar-refractivity contribution is 5.76. The molecule has 610 valence electrons. The highest BCUT2D eigenvalue weighted by Gasteiger charge is 2.58. The molecule has 0 aromatic carbocycles. The van der Waals surface area contributed by atoms with Gasteiger partial charge in [0.25, 0.3) is 0 Å². The van der Waals surface area contributed by atoms with Crippen LogP contribution in [0.5, 0.6) is 0 Å². The van der Waals surface area contributed by atoms with Crippen molar-refractivity contribution < 1.29 is 164 Å². The molecule has 0 radical (unpaired) electrons. The van der Waals surface area contributed by atoms with E-state index < -0.39 is 243 Å². The van der Waals surface area contributed by atoms with Crippen LogP contribution in [0.2, 0.25) is 0 Å². The normalized spacial score (nSPS) is 39.3. The van der Waals surface area contributed by atoms with Crippen molar-refractivity contribution in [3.8, 4) is 0 Å². The second-order valence-corrected chi connectivity index (χ2v) is 28.5. The summed E-state index contributed by atoms with van der Waals surface area (Å²) in [5.41, 5.74) is 0. The van der Waals surface area contributed by atoms with E-state index in [-0.39, 0.29) is 12.3 Å². The molecule has 6 aliphatic heterocycles. The number of unbranched alkanes of at least 4 members (excludes halogenated alkanes) is 23. The molecule has 0 aromatic rings. The van der Waals surface area contributed by atoms with Crippen molar-refractivity contribution in [2.24, 2.45) is 0 Å². The summed E-state index contributed by atoms with van der Waals surface area (Å²) in [6.07, 6.45) is -28.0. The molecule has 34 nitrogen and oxygen atoms in total. The Balaban J connectivity index is 1.05. The van der Waals surface area contributed by atoms with Crippen molar-refractivity contribution in [2.75, 3.05) is 46.2 Å². The van der Waals surface area contributed by atoms with Gasteiger partial charge in [-0.3, -0.25) is 4.79 Å². The Hall–Kier alpha value is -2.07. The van der Waals surface area contributed by atoms with Gasteiger partial charge in [-0.05, 0) is 19.3 Å². The first-order valence-electron chi connectivity index (χ1n) is 38.0. The molecule has 0 aliphatic carbocycles. The van der Waals surface area contributed by atoms with E-state index in [1.54, 1.807) is 6.08 Å². The fourth-order valence-electron chi connectivity index (χ4n) is 13.9. The minimum atomic E-state index is -2.27. The lowest BCUT2D eigenvalue weighted by Gasteiger charge is -2.50. The smallest absolute Gasteiger partial charge is 0.220 e. The van der Waals surface area contributed by atoms with Gasteiger partial charge in [-0.15, -0.1) is 0 Å². The van der Waals surface area contributed by atoms with Crippen molar-refractivity contribution in [2.45, 2.75) is 377 Å². The minimum Gasteiger partial charge on any atom is -0.394 e. The number of amides is 1. The van der Waals surface area contributed by atoms with Gasteiger partial charge in [0.2, 0.25) is 5.91 Å². The van der Waals surface area contributed by atoms with Crippen LogP contribution in [0.25, 0.3) is 0 Å². The molecule has 32 atom stereocenters. The third-order valence-electron chi connectivity index (χ3n) is 20.4. The van der Waals surface area contributed by atoms with Gasteiger partial charge >= 0.3 is 0 Å². The largest absolute Gasteiger partial charge is 0.394 e. The number of aliphatic hydroxyl groups excluding tert-OH is 20. The molecule has 0 bridgehead atoms. The first-order valence-corrected chi connectivity index (χ1v) is 38.0. The maximum absolute atomic E-state index is 13.4. The van der Waals surface area contributed by atoms with Crippen LogP contribution < -0.4 is 5.32 Å². The Kier molecular flexibility index (Phi) is 41.9. The van der Waals surface area contributed by atoms with Crippen molar-refractivity contribution in [3.05, 3.63) is 12.2 Å². The molecular weight excluding hydrogens is 1380 g/mol. The predicted molar refractivity (Wildman–Crippen MR) is 361 cm³/mol. The molecule has 104 heavy (non-hydrogen) atoms. The van der Waals surface area contributed by atoms with Crippen LogP contribution >= 0.6 is 0 Å². The highest BCUT2D eigenvalue weighted by Crippen LogP contribution is 2.38. The molecule has 0 spiro atoms. The number of hydrogen-bond acceptors (Lipinski definition) is 33. The Morgan fingerprint density at radius 1 is 0.337 bits per heavy atom. The quantitative estimate of drug-likeness (QED) is 0.0208. The summed E-state index contributed by atoms with van der Waals surface area (Å²) in [5.74, 6) is -0.335. The second kappa shape index (κ2) is 48.0. The summed E-state index contributed by atoms with van der Waals surface area (Å²) in [4.78, 5) is 13.4. The number of ether oxygens (including phenoxy) is 12. The highest BCUT2D eigenvalue weighted by atomic mass is 16.8. The molecule has 34 heteroatoms. The molecule has 0 saturated carbocycles. The Morgan fingerprint density at radius 2 is 0.625 bits per heavy atom. The van der Waals surface area contributed by atoms with E-state index in [0.29, 0.717) is 12.8 Å². The van der Waals surface area contributed by atoms with Gasteiger partial charge < -0.3 is 164 Å². The zero-order valence-electron chi connectivity index (χ0n) is 60.2. The van der Waals surface area contributed by atoms with E-state index in [0.717, 1.165) is 51.4 Å².